The minimum Gasteiger partial charge on any atom is -0.346 e. The number of hydrogen-bond acceptors (Lipinski definition) is 6. The van der Waals surface area contributed by atoms with E-state index in [0.717, 1.165) is 21.5 Å². The molecular formula is C21H19F2N5OS. The third kappa shape index (κ3) is 3.66. The molecule has 6 nitrogen and oxygen atoms in total. The highest BCUT2D eigenvalue weighted by Gasteiger charge is 2.33. The van der Waals surface area contributed by atoms with Gasteiger partial charge in [-0.1, -0.05) is 12.1 Å². The number of piperidine rings is 1. The Labute approximate surface area is 175 Å². The molecule has 154 valence electrons. The van der Waals surface area contributed by atoms with Crippen LogP contribution < -0.4 is 10.6 Å². The molecule has 1 amide bonds. The SMILES string of the molecule is O=C(Nc1ccc(CN2CCC(F)(F)CC2)cc1)c1sc2nccc3c2c1N=CN3. The number of aliphatic imine (C=N–C) groups is 1. The Kier molecular flexibility index (Phi) is 4.71. The number of carbonyl (C=O) groups is 1. The zero-order valence-corrected chi connectivity index (χ0v) is 16.8. The molecule has 2 aliphatic rings. The highest BCUT2D eigenvalue weighted by atomic mass is 32.1. The van der Waals surface area contributed by atoms with Crippen LogP contribution in [0.25, 0.3) is 10.2 Å². The number of aromatic nitrogens is 1. The van der Waals surface area contributed by atoms with E-state index >= 15 is 0 Å². The van der Waals surface area contributed by atoms with Gasteiger partial charge in [0.15, 0.2) is 0 Å². The number of anilines is 2. The van der Waals surface area contributed by atoms with E-state index in [1.807, 2.05) is 35.2 Å². The van der Waals surface area contributed by atoms with Gasteiger partial charge in [-0.15, -0.1) is 11.3 Å². The number of alkyl halides is 2. The van der Waals surface area contributed by atoms with Crippen LogP contribution in [0, 0.1) is 0 Å². The molecular weight excluding hydrogens is 408 g/mol. The second kappa shape index (κ2) is 7.41. The fourth-order valence-corrected chi connectivity index (χ4v) is 4.76. The van der Waals surface area contributed by atoms with E-state index in [9.17, 15) is 13.6 Å². The lowest BCUT2D eigenvalue weighted by atomic mass is 10.1. The molecule has 0 spiro atoms. The van der Waals surface area contributed by atoms with Gasteiger partial charge in [-0.25, -0.2) is 18.8 Å². The van der Waals surface area contributed by atoms with Gasteiger partial charge in [0.2, 0.25) is 0 Å². The van der Waals surface area contributed by atoms with Crippen LogP contribution in [0.2, 0.25) is 0 Å². The molecule has 1 saturated heterocycles. The molecule has 30 heavy (non-hydrogen) atoms. The number of hydrogen-bond donors (Lipinski definition) is 2. The fraction of sp³-hybridized carbons (Fsp3) is 0.286. The van der Waals surface area contributed by atoms with Crippen LogP contribution in [0.4, 0.5) is 25.8 Å². The summed E-state index contributed by atoms with van der Waals surface area (Å²) in [6.45, 7) is 1.41. The monoisotopic (exact) mass is 427 g/mol. The Morgan fingerprint density at radius 2 is 1.97 bits per heavy atom. The van der Waals surface area contributed by atoms with E-state index in [1.165, 1.54) is 11.3 Å². The zero-order valence-electron chi connectivity index (χ0n) is 16.0. The average molecular weight is 427 g/mol. The lowest BCUT2D eigenvalue weighted by Gasteiger charge is -2.31. The van der Waals surface area contributed by atoms with Crippen LogP contribution in [0.5, 0.6) is 0 Å². The minimum atomic E-state index is -2.53. The lowest BCUT2D eigenvalue weighted by molar-refractivity contribution is -0.0566. The first kappa shape index (κ1) is 19.1. The number of rotatable bonds is 4. The van der Waals surface area contributed by atoms with Gasteiger partial charge in [0.05, 0.1) is 23.1 Å². The van der Waals surface area contributed by atoms with Crippen LogP contribution >= 0.6 is 11.3 Å². The molecule has 2 aromatic heterocycles. The van der Waals surface area contributed by atoms with Crippen LogP contribution in [0.3, 0.4) is 0 Å². The number of benzene rings is 1. The van der Waals surface area contributed by atoms with Crippen molar-refractivity contribution < 1.29 is 13.6 Å². The van der Waals surface area contributed by atoms with Gasteiger partial charge in [0.25, 0.3) is 11.8 Å². The van der Waals surface area contributed by atoms with E-state index in [-0.39, 0.29) is 18.7 Å². The first-order valence-electron chi connectivity index (χ1n) is 9.70. The van der Waals surface area contributed by atoms with E-state index in [0.29, 0.717) is 35.9 Å². The maximum Gasteiger partial charge on any atom is 0.268 e. The van der Waals surface area contributed by atoms with Crippen LogP contribution in [-0.2, 0) is 6.54 Å². The summed E-state index contributed by atoms with van der Waals surface area (Å²) in [5.74, 6) is -2.77. The Hall–Kier alpha value is -2.91. The molecule has 0 atom stereocenters. The van der Waals surface area contributed by atoms with Gasteiger partial charge in [0, 0.05) is 44.4 Å². The summed E-state index contributed by atoms with van der Waals surface area (Å²) >= 11 is 1.31. The predicted molar refractivity (Wildman–Crippen MR) is 115 cm³/mol. The molecule has 1 aromatic carbocycles. The van der Waals surface area contributed by atoms with Crippen LogP contribution in [-0.4, -0.2) is 41.1 Å². The maximum atomic E-state index is 13.3. The topological polar surface area (TPSA) is 69.6 Å². The molecule has 0 aliphatic carbocycles. The van der Waals surface area contributed by atoms with Crippen LogP contribution in [0.1, 0.15) is 28.1 Å². The Morgan fingerprint density at radius 3 is 2.73 bits per heavy atom. The molecule has 1 fully saturated rings. The normalized spacial score (nSPS) is 17.7. The summed E-state index contributed by atoms with van der Waals surface area (Å²) in [5, 5.41) is 6.85. The molecule has 9 heteroatoms. The Balaban J connectivity index is 1.28. The summed E-state index contributed by atoms with van der Waals surface area (Å²) in [7, 11) is 0. The summed E-state index contributed by atoms with van der Waals surface area (Å²) in [6.07, 6.45) is 3.10. The van der Waals surface area contributed by atoms with E-state index in [1.54, 1.807) is 12.5 Å². The van der Waals surface area contributed by atoms with Crippen molar-refractivity contribution in [1.82, 2.24) is 9.88 Å². The maximum absolute atomic E-state index is 13.3. The van der Waals surface area contributed by atoms with E-state index in [2.05, 4.69) is 20.6 Å². The molecule has 2 N–H and O–H groups in total. The predicted octanol–water partition coefficient (Wildman–Crippen LogP) is 4.87. The number of likely N-dealkylation sites (tertiary alicyclic amines) is 1. The number of halogens is 2. The van der Waals surface area contributed by atoms with Crippen molar-refractivity contribution in [3.05, 3.63) is 47.0 Å². The average Bonchev–Trinajstić information content (AvgIpc) is 3.12. The molecule has 2 aliphatic heterocycles. The molecule has 5 rings (SSSR count). The molecule has 3 aromatic rings. The van der Waals surface area contributed by atoms with Crippen molar-refractivity contribution in [3.63, 3.8) is 0 Å². The minimum absolute atomic E-state index is 0.0901. The van der Waals surface area contributed by atoms with Crippen molar-refractivity contribution in [2.45, 2.75) is 25.3 Å². The molecule has 0 saturated carbocycles. The summed E-state index contributed by atoms with van der Waals surface area (Å²) < 4.78 is 26.6. The fourth-order valence-electron chi connectivity index (χ4n) is 3.75. The van der Waals surface area contributed by atoms with Crippen molar-refractivity contribution in [2.75, 3.05) is 23.7 Å². The van der Waals surface area contributed by atoms with E-state index in [4.69, 9.17) is 0 Å². The van der Waals surface area contributed by atoms with Crippen molar-refractivity contribution in [2.24, 2.45) is 4.99 Å². The van der Waals surface area contributed by atoms with Gasteiger partial charge in [-0.3, -0.25) is 9.69 Å². The smallest absolute Gasteiger partial charge is 0.268 e. The number of pyridine rings is 1. The van der Waals surface area contributed by atoms with Crippen molar-refractivity contribution in [3.8, 4) is 0 Å². The number of amides is 1. The first-order chi connectivity index (χ1) is 14.5. The second-order valence-electron chi connectivity index (χ2n) is 7.50. The van der Waals surface area contributed by atoms with Crippen molar-refractivity contribution >= 4 is 50.9 Å². The van der Waals surface area contributed by atoms with Gasteiger partial charge in [0.1, 0.15) is 9.71 Å². The Bertz CT molecular complexity index is 1130. The number of thiophene rings is 1. The third-order valence-electron chi connectivity index (χ3n) is 5.39. The molecule has 4 heterocycles. The van der Waals surface area contributed by atoms with Crippen molar-refractivity contribution in [1.29, 1.82) is 0 Å². The first-order valence-corrected chi connectivity index (χ1v) is 10.5. The lowest BCUT2D eigenvalue weighted by Crippen LogP contribution is -2.38. The largest absolute Gasteiger partial charge is 0.346 e. The summed E-state index contributed by atoms with van der Waals surface area (Å²) in [5.41, 5.74) is 3.22. The van der Waals surface area contributed by atoms with Gasteiger partial charge in [-0.2, -0.15) is 0 Å². The quantitative estimate of drug-likeness (QED) is 0.624. The van der Waals surface area contributed by atoms with Gasteiger partial charge >= 0.3 is 0 Å². The number of nitrogens with one attached hydrogen (secondary N) is 2. The summed E-state index contributed by atoms with van der Waals surface area (Å²) in [6, 6.07) is 9.35. The number of nitrogens with zero attached hydrogens (tertiary/aromatic N) is 3. The molecule has 0 bridgehead atoms. The standard InChI is InChI=1S/C21H19F2N5OS/c22-21(23)6-9-28(10-7-21)11-13-1-3-14(4-2-13)27-19(29)18-17-16-15(25-12-26-17)5-8-24-20(16)30-18/h1-5,8,12H,6-7,9-11H2,(H,25,26)(H,27,29). The number of carbonyl (C=O) groups excluding carboxylic acids is 1. The zero-order chi connectivity index (χ0) is 20.7. The van der Waals surface area contributed by atoms with Gasteiger partial charge < -0.3 is 10.6 Å². The Morgan fingerprint density at radius 1 is 1.20 bits per heavy atom. The molecule has 0 radical (unpaired) electrons. The highest BCUT2D eigenvalue weighted by Crippen LogP contribution is 2.42. The molecule has 0 unspecified atom stereocenters. The summed E-state index contributed by atoms with van der Waals surface area (Å²) in [4.78, 5) is 24.9. The second-order valence-corrected chi connectivity index (χ2v) is 8.50. The third-order valence-corrected chi connectivity index (χ3v) is 6.48. The van der Waals surface area contributed by atoms with Gasteiger partial charge in [-0.05, 0) is 23.8 Å². The highest BCUT2D eigenvalue weighted by molar-refractivity contribution is 7.21. The van der Waals surface area contributed by atoms with Crippen LogP contribution in [0.15, 0.2) is 41.5 Å². The van der Waals surface area contributed by atoms with E-state index < -0.39 is 5.92 Å².